The highest BCUT2D eigenvalue weighted by molar-refractivity contribution is 6.31. The molecule has 0 spiro atoms. The second-order valence-corrected chi connectivity index (χ2v) is 5.98. The molecule has 3 rings (SSSR count). The lowest BCUT2D eigenvalue weighted by molar-refractivity contribution is 0.104. The van der Waals surface area contributed by atoms with Crippen LogP contribution in [0.2, 0.25) is 5.15 Å². The van der Waals surface area contributed by atoms with Crippen molar-refractivity contribution in [2.24, 2.45) is 0 Å². The van der Waals surface area contributed by atoms with Crippen molar-refractivity contribution in [1.82, 2.24) is 9.78 Å². The minimum absolute atomic E-state index is 0.0175. The van der Waals surface area contributed by atoms with Gasteiger partial charge in [-0.1, -0.05) is 29.8 Å². The lowest BCUT2D eigenvalue weighted by Crippen LogP contribution is -1.96. The Kier molecular flexibility index (Phi) is 5.09. The van der Waals surface area contributed by atoms with Gasteiger partial charge in [0.15, 0.2) is 17.3 Å². The van der Waals surface area contributed by atoms with E-state index in [2.05, 4.69) is 5.10 Å². The standard InChI is InChI=1S/C20H17ClN2O3/c1-13-16(20(21)23(22-13)15-6-4-3-5-7-15)9-11-17(24)14-8-10-18(25)19(12-14)26-2/h3-12,25H,1-2H3. The van der Waals surface area contributed by atoms with Gasteiger partial charge in [0, 0.05) is 11.1 Å². The second kappa shape index (κ2) is 7.45. The summed E-state index contributed by atoms with van der Waals surface area (Å²) in [4.78, 5) is 12.4. The molecule has 0 aliphatic heterocycles. The predicted molar refractivity (Wildman–Crippen MR) is 101 cm³/mol. The summed E-state index contributed by atoms with van der Waals surface area (Å²) in [5.41, 5.74) is 2.63. The highest BCUT2D eigenvalue weighted by atomic mass is 35.5. The van der Waals surface area contributed by atoms with Gasteiger partial charge < -0.3 is 9.84 Å². The smallest absolute Gasteiger partial charge is 0.185 e. The van der Waals surface area contributed by atoms with E-state index in [0.29, 0.717) is 22.0 Å². The van der Waals surface area contributed by atoms with E-state index >= 15 is 0 Å². The van der Waals surface area contributed by atoms with Gasteiger partial charge in [0.1, 0.15) is 5.15 Å². The van der Waals surface area contributed by atoms with Crippen LogP contribution in [0.15, 0.2) is 54.6 Å². The van der Waals surface area contributed by atoms with Gasteiger partial charge in [-0.25, -0.2) is 4.68 Å². The molecular formula is C20H17ClN2O3. The summed E-state index contributed by atoms with van der Waals surface area (Å²) in [6, 6.07) is 14.0. The molecule has 0 saturated heterocycles. The lowest BCUT2D eigenvalue weighted by Gasteiger charge is -2.04. The Labute approximate surface area is 156 Å². The molecule has 1 N–H and O–H groups in total. The molecule has 3 aromatic rings. The van der Waals surface area contributed by atoms with E-state index in [1.165, 1.54) is 31.4 Å². The van der Waals surface area contributed by atoms with Gasteiger partial charge in [-0.2, -0.15) is 5.10 Å². The Morgan fingerprint density at radius 1 is 1.23 bits per heavy atom. The molecule has 26 heavy (non-hydrogen) atoms. The van der Waals surface area contributed by atoms with Crippen LogP contribution in [-0.2, 0) is 0 Å². The summed E-state index contributed by atoms with van der Waals surface area (Å²) in [5, 5.41) is 14.5. The zero-order chi connectivity index (χ0) is 18.7. The van der Waals surface area contributed by atoms with Crippen molar-refractivity contribution in [3.05, 3.63) is 76.6 Å². The van der Waals surface area contributed by atoms with Crippen LogP contribution in [0.4, 0.5) is 0 Å². The normalized spacial score (nSPS) is 11.0. The van der Waals surface area contributed by atoms with Crippen molar-refractivity contribution in [3.8, 4) is 17.2 Å². The zero-order valence-electron chi connectivity index (χ0n) is 14.3. The maximum atomic E-state index is 12.4. The number of phenols is 1. The van der Waals surface area contributed by atoms with E-state index in [4.69, 9.17) is 16.3 Å². The van der Waals surface area contributed by atoms with Gasteiger partial charge >= 0.3 is 0 Å². The number of aryl methyl sites for hydroxylation is 1. The van der Waals surface area contributed by atoms with Gasteiger partial charge in [-0.15, -0.1) is 0 Å². The van der Waals surface area contributed by atoms with Crippen LogP contribution in [-0.4, -0.2) is 27.8 Å². The third kappa shape index (κ3) is 3.48. The Bertz CT molecular complexity index is 978. The molecule has 5 nitrogen and oxygen atoms in total. The van der Waals surface area contributed by atoms with Gasteiger partial charge in [-0.3, -0.25) is 4.79 Å². The number of phenolic OH excluding ortho intramolecular Hbond substituents is 1. The molecule has 0 bridgehead atoms. The van der Waals surface area contributed by atoms with E-state index in [0.717, 1.165) is 5.69 Å². The van der Waals surface area contributed by atoms with Gasteiger partial charge in [-0.05, 0) is 49.4 Å². The molecule has 132 valence electrons. The van der Waals surface area contributed by atoms with Crippen LogP contribution < -0.4 is 4.74 Å². The molecule has 1 heterocycles. The van der Waals surface area contributed by atoms with Crippen molar-refractivity contribution in [2.75, 3.05) is 7.11 Å². The first-order valence-electron chi connectivity index (χ1n) is 7.91. The number of hydrogen-bond donors (Lipinski definition) is 1. The molecule has 0 aliphatic rings. The van der Waals surface area contributed by atoms with E-state index in [1.807, 2.05) is 37.3 Å². The molecule has 0 saturated carbocycles. The largest absolute Gasteiger partial charge is 0.504 e. The van der Waals surface area contributed by atoms with Crippen LogP contribution in [0.5, 0.6) is 11.5 Å². The fraction of sp³-hybridized carbons (Fsp3) is 0.100. The van der Waals surface area contributed by atoms with Crippen LogP contribution in [0.25, 0.3) is 11.8 Å². The van der Waals surface area contributed by atoms with E-state index in [-0.39, 0.29) is 17.3 Å². The maximum Gasteiger partial charge on any atom is 0.185 e. The summed E-state index contributed by atoms with van der Waals surface area (Å²) >= 11 is 6.45. The molecule has 0 radical (unpaired) electrons. The molecule has 0 aliphatic carbocycles. The topological polar surface area (TPSA) is 64.3 Å². The molecule has 0 fully saturated rings. The molecule has 0 unspecified atom stereocenters. The summed E-state index contributed by atoms with van der Waals surface area (Å²) in [6.45, 7) is 1.83. The van der Waals surface area contributed by atoms with Crippen LogP contribution >= 0.6 is 11.6 Å². The third-order valence-electron chi connectivity index (χ3n) is 3.91. The number of hydrogen-bond acceptors (Lipinski definition) is 4. The number of carbonyl (C=O) groups is 1. The molecule has 1 aromatic heterocycles. The number of aromatic nitrogens is 2. The molecule has 2 aromatic carbocycles. The molecule has 6 heteroatoms. The van der Waals surface area contributed by atoms with E-state index in [1.54, 1.807) is 10.8 Å². The van der Waals surface area contributed by atoms with Crippen molar-refractivity contribution in [3.63, 3.8) is 0 Å². The summed E-state index contributed by atoms with van der Waals surface area (Å²) in [5.74, 6) is -0.00218. The Morgan fingerprint density at radius 3 is 2.65 bits per heavy atom. The highest BCUT2D eigenvalue weighted by Gasteiger charge is 2.13. The average Bonchev–Trinajstić information content (AvgIpc) is 2.94. The fourth-order valence-electron chi connectivity index (χ4n) is 2.53. The third-order valence-corrected chi connectivity index (χ3v) is 4.28. The molecular weight excluding hydrogens is 352 g/mol. The predicted octanol–water partition coefficient (Wildman–Crippen LogP) is 4.44. The quantitative estimate of drug-likeness (QED) is 0.534. The molecule has 0 atom stereocenters. The van der Waals surface area contributed by atoms with Crippen LogP contribution in [0.3, 0.4) is 0 Å². The number of aromatic hydroxyl groups is 1. The average molecular weight is 369 g/mol. The van der Waals surface area contributed by atoms with Gasteiger partial charge in [0.25, 0.3) is 0 Å². The number of ether oxygens (including phenoxy) is 1. The minimum Gasteiger partial charge on any atom is -0.504 e. The van der Waals surface area contributed by atoms with Crippen molar-refractivity contribution in [2.45, 2.75) is 6.92 Å². The molecule has 0 amide bonds. The minimum atomic E-state index is -0.230. The van der Waals surface area contributed by atoms with Gasteiger partial charge in [0.2, 0.25) is 0 Å². The Hall–Kier alpha value is -3.05. The Balaban J connectivity index is 1.89. The number of rotatable bonds is 5. The number of carbonyl (C=O) groups excluding carboxylic acids is 1. The first-order valence-corrected chi connectivity index (χ1v) is 8.29. The second-order valence-electron chi connectivity index (χ2n) is 5.62. The monoisotopic (exact) mass is 368 g/mol. The van der Waals surface area contributed by atoms with Crippen LogP contribution in [0.1, 0.15) is 21.6 Å². The highest BCUT2D eigenvalue weighted by Crippen LogP contribution is 2.27. The lowest BCUT2D eigenvalue weighted by atomic mass is 10.1. The number of allylic oxidation sites excluding steroid dienone is 1. The first kappa shape index (κ1) is 17.8. The van der Waals surface area contributed by atoms with Gasteiger partial charge in [0.05, 0.1) is 18.5 Å². The van der Waals surface area contributed by atoms with Crippen molar-refractivity contribution < 1.29 is 14.6 Å². The van der Waals surface area contributed by atoms with Crippen molar-refractivity contribution >= 4 is 23.5 Å². The summed E-state index contributed by atoms with van der Waals surface area (Å²) in [6.07, 6.45) is 3.07. The SMILES string of the molecule is COc1cc(C(=O)C=Cc2c(C)nn(-c3ccccc3)c2Cl)ccc1O. The number of benzene rings is 2. The number of methoxy groups -OCH3 is 1. The zero-order valence-corrected chi connectivity index (χ0v) is 15.1. The Morgan fingerprint density at radius 2 is 1.96 bits per heavy atom. The first-order chi connectivity index (χ1) is 12.5. The summed E-state index contributed by atoms with van der Waals surface area (Å²) < 4.78 is 6.66. The number of para-hydroxylation sites is 1. The summed E-state index contributed by atoms with van der Waals surface area (Å²) in [7, 11) is 1.43. The van der Waals surface area contributed by atoms with Crippen LogP contribution in [0, 0.1) is 6.92 Å². The van der Waals surface area contributed by atoms with Crippen molar-refractivity contribution in [1.29, 1.82) is 0 Å². The van der Waals surface area contributed by atoms with E-state index in [9.17, 15) is 9.90 Å². The fourth-order valence-corrected chi connectivity index (χ4v) is 2.86. The van der Waals surface area contributed by atoms with E-state index < -0.39 is 0 Å². The number of nitrogens with zero attached hydrogens (tertiary/aromatic N) is 2. The number of ketones is 1. The number of halogens is 1. The maximum absolute atomic E-state index is 12.4.